The Morgan fingerprint density at radius 3 is 2.74 bits per heavy atom. The van der Waals surface area contributed by atoms with E-state index in [1.807, 2.05) is 25.7 Å². The van der Waals surface area contributed by atoms with Crippen molar-refractivity contribution in [1.29, 1.82) is 0 Å². The fourth-order valence-corrected chi connectivity index (χ4v) is 2.94. The van der Waals surface area contributed by atoms with Crippen LogP contribution in [0.1, 0.15) is 51.2 Å². The highest BCUT2D eigenvalue weighted by atomic mass is 16.6. The molecule has 0 aromatic heterocycles. The van der Waals surface area contributed by atoms with Gasteiger partial charge in [-0.2, -0.15) is 0 Å². The lowest BCUT2D eigenvalue weighted by atomic mass is 10.0. The molecular formula is C19H30N2O2. The second-order valence-corrected chi connectivity index (χ2v) is 7.45. The third kappa shape index (κ3) is 4.88. The summed E-state index contributed by atoms with van der Waals surface area (Å²) < 4.78 is 5.56. The summed E-state index contributed by atoms with van der Waals surface area (Å²) in [4.78, 5) is 14.3. The van der Waals surface area contributed by atoms with E-state index in [9.17, 15) is 4.79 Å². The number of carbonyl (C=O) groups excluding carboxylic acids is 1. The van der Waals surface area contributed by atoms with Crippen LogP contribution >= 0.6 is 0 Å². The van der Waals surface area contributed by atoms with Gasteiger partial charge in [0.15, 0.2) is 0 Å². The van der Waals surface area contributed by atoms with Crippen LogP contribution in [0.25, 0.3) is 0 Å². The van der Waals surface area contributed by atoms with Gasteiger partial charge >= 0.3 is 6.09 Å². The first-order valence-electron chi connectivity index (χ1n) is 8.57. The first-order valence-corrected chi connectivity index (χ1v) is 8.57. The molecule has 1 saturated heterocycles. The van der Waals surface area contributed by atoms with Gasteiger partial charge in [-0.15, -0.1) is 0 Å². The second kappa shape index (κ2) is 7.24. The Kier molecular flexibility index (Phi) is 5.55. The van der Waals surface area contributed by atoms with Crippen LogP contribution in [0.15, 0.2) is 18.2 Å². The lowest BCUT2D eigenvalue weighted by Crippen LogP contribution is -2.48. The standard InChI is InChI=1S/C19H30N2O2/c1-14-9-8-11-17(15(14)2)20-13-16-10-6-7-12-21(16)18(22)23-19(3,4)5/h8-9,11,16,20H,6-7,10,12-13H2,1-5H3. The fourth-order valence-electron chi connectivity index (χ4n) is 2.94. The number of piperidine rings is 1. The van der Waals surface area contributed by atoms with Gasteiger partial charge in [-0.05, 0) is 71.1 Å². The smallest absolute Gasteiger partial charge is 0.410 e. The van der Waals surface area contributed by atoms with Gasteiger partial charge in [0.05, 0.1) is 6.04 Å². The summed E-state index contributed by atoms with van der Waals surface area (Å²) in [6, 6.07) is 6.48. The first kappa shape index (κ1) is 17.6. The summed E-state index contributed by atoms with van der Waals surface area (Å²) in [6.45, 7) is 11.5. The molecule has 4 nitrogen and oxygen atoms in total. The average molecular weight is 318 g/mol. The molecule has 0 bridgehead atoms. The van der Waals surface area contributed by atoms with E-state index in [0.29, 0.717) is 0 Å². The summed E-state index contributed by atoms with van der Waals surface area (Å²) in [5.41, 5.74) is 3.26. The van der Waals surface area contributed by atoms with E-state index in [0.717, 1.165) is 31.6 Å². The monoisotopic (exact) mass is 318 g/mol. The van der Waals surface area contributed by atoms with Gasteiger partial charge in [0.25, 0.3) is 0 Å². The predicted octanol–water partition coefficient (Wildman–Crippen LogP) is 4.50. The molecule has 1 aromatic rings. The number of ether oxygens (including phenoxy) is 1. The lowest BCUT2D eigenvalue weighted by Gasteiger charge is -2.37. The van der Waals surface area contributed by atoms with E-state index in [1.54, 1.807) is 0 Å². The topological polar surface area (TPSA) is 41.6 Å². The zero-order valence-corrected chi connectivity index (χ0v) is 15.1. The van der Waals surface area contributed by atoms with Gasteiger partial charge in [0.2, 0.25) is 0 Å². The molecule has 23 heavy (non-hydrogen) atoms. The highest BCUT2D eigenvalue weighted by molar-refractivity contribution is 5.69. The molecule has 1 amide bonds. The summed E-state index contributed by atoms with van der Waals surface area (Å²) in [5.74, 6) is 0. The molecule has 1 heterocycles. The van der Waals surface area contributed by atoms with E-state index in [1.165, 1.54) is 17.5 Å². The largest absolute Gasteiger partial charge is 0.444 e. The molecule has 0 aliphatic carbocycles. The maximum absolute atomic E-state index is 12.4. The Morgan fingerprint density at radius 1 is 1.30 bits per heavy atom. The maximum atomic E-state index is 12.4. The third-order valence-corrected chi connectivity index (χ3v) is 4.39. The van der Waals surface area contributed by atoms with Crippen LogP contribution in [0, 0.1) is 13.8 Å². The molecule has 1 unspecified atom stereocenters. The van der Waals surface area contributed by atoms with Gasteiger partial charge in [-0.1, -0.05) is 12.1 Å². The molecule has 0 radical (unpaired) electrons. The number of benzene rings is 1. The minimum Gasteiger partial charge on any atom is -0.444 e. The van der Waals surface area contributed by atoms with Gasteiger partial charge < -0.3 is 15.0 Å². The van der Waals surface area contributed by atoms with Gasteiger partial charge in [0, 0.05) is 18.8 Å². The molecule has 2 rings (SSSR count). The number of nitrogens with zero attached hydrogens (tertiary/aromatic N) is 1. The molecular weight excluding hydrogens is 288 g/mol. The van der Waals surface area contributed by atoms with Crippen LogP contribution in [0.2, 0.25) is 0 Å². The van der Waals surface area contributed by atoms with Crippen molar-refractivity contribution in [2.45, 2.75) is 65.5 Å². The fraction of sp³-hybridized carbons (Fsp3) is 0.632. The zero-order chi connectivity index (χ0) is 17.0. The number of anilines is 1. The van der Waals surface area contributed by atoms with E-state index in [4.69, 9.17) is 4.74 Å². The number of carbonyl (C=O) groups is 1. The van der Waals surface area contributed by atoms with Crippen LogP contribution in [0.3, 0.4) is 0 Å². The summed E-state index contributed by atoms with van der Waals surface area (Å²) in [5, 5.41) is 3.52. The SMILES string of the molecule is Cc1cccc(NCC2CCCCN2C(=O)OC(C)(C)C)c1C. The van der Waals surface area contributed by atoms with Gasteiger partial charge in [0.1, 0.15) is 5.60 Å². The number of rotatable bonds is 3. The van der Waals surface area contributed by atoms with Crippen LogP contribution < -0.4 is 5.32 Å². The van der Waals surface area contributed by atoms with Crippen molar-refractivity contribution in [3.63, 3.8) is 0 Å². The molecule has 4 heteroatoms. The quantitative estimate of drug-likeness (QED) is 0.892. The molecule has 128 valence electrons. The Morgan fingerprint density at radius 2 is 2.04 bits per heavy atom. The van der Waals surface area contributed by atoms with Crippen molar-refractivity contribution in [1.82, 2.24) is 4.90 Å². The predicted molar refractivity (Wildman–Crippen MR) is 95.0 cm³/mol. The number of hydrogen-bond donors (Lipinski definition) is 1. The number of hydrogen-bond acceptors (Lipinski definition) is 3. The Balaban J connectivity index is 2.01. The summed E-state index contributed by atoms with van der Waals surface area (Å²) >= 11 is 0. The van der Waals surface area contributed by atoms with E-state index < -0.39 is 5.60 Å². The number of amides is 1. The van der Waals surface area contributed by atoms with Crippen LogP contribution in [0.4, 0.5) is 10.5 Å². The summed E-state index contributed by atoms with van der Waals surface area (Å²) in [6.07, 6.45) is 3.05. The zero-order valence-electron chi connectivity index (χ0n) is 15.1. The number of aryl methyl sites for hydroxylation is 1. The minimum atomic E-state index is -0.445. The molecule has 1 N–H and O–H groups in total. The maximum Gasteiger partial charge on any atom is 0.410 e. The van der Waals surface area contributed by atoms with Gasteiger partial charge in [-0.3, -0.25) is 0 Å². The molecule has 0 saturated carbocycles. The van der Waals surface area contributed by atoms with Crippen molar-refractivity contribution in [2.24, 2.45) is 0 Å². The lowest BCUT2D eigenvalue weighted by molar-refractivity contribution is 0.0114. The molecule has 1 atom stereocenters. The van der Waals surface area contributed by atoms with Crippen molar-refractivity contribution < 1.29 is 9.53 Å². The number of likely N-dealkylation sites (tertiary alicyclic amines) is 1. The highest BCUT2D eigenvalue weighted by Gasteiger charge is 2.30. The molecule has 1 aliphatic rings. The van der Waals surface area contributed by atoms with E-state index in [2.05, 4.69) is 37.4 Å². The molecule has 1 aliphatic heterocycles. The normalized spacial score (nSPS) is 18.7. The number of nitrogens with one attached hydrogen (secondary N) is 1. The van der Waals surface area contributed by atoms with Crippen molar-refractivity contribution >= 4 is 11.8 Å². The van der Waals surface area contributed by atoms with Crippen LogP contribution in [0.5, 0.6) is 0 Å². The van der Waals surface area contributed by atoms with Gasteiger partial charge in [-0.25, -0.2) is 4.79 Å². The second-order valence-electron chi connectivity index (χ2n) is 7.45. The van der Waals surface area contributed by atoms with Crippen molar-refractivity contribution in [3.8, 4) is 0 Å². The van der Waals surface area contributed by atoms with Crippen molar-refractivity contribution in [3.05, 3.63) is 29.3 Å². The summed E-state index contributed by atoms with van der Waals surface area (Å²) in [7, 11) is 0. The molecule has 1 fully saturated rings. The first-order chi connectivity index (χ1) is 10.8. The molecule has 0 spiro atoms. The third-order valence-electron chi connectivity index (χ3n) is 4.39. The van der Waals surface area contributed by atoms with E-state index in [-0.39, 0.29) is 12.1 Å². The Hall–Kier alpha value is -1.71. The van der Waals surface area contributed by atoms with Crippen LogP contribution in [-0.2, 0) is 4.74 Å². The average Bonchev–Trinajstić information content (AvgIpc) is 2.47. The Bertz CT molecular complexity index is 549. The highest BCUT2D eigenvalue weighted by Crippen LogP contribution is 2.23. The Labute approximate surface area is 140 Å². The minimum absolute atomic E-state index is 0.190. The van der Waals surface area contributed by atoms with Crippen LogP contribution in [-0.4, -0.2) is 35.7 Å². The van der Waals surface area contributed by atoms with E-state index >= 15 is 0 Å². The van der Waals surface area contributed by atoms with Crippen molar-refractivity contribution in [2.75, 3.05) is 18.4 Å². The molecule has 1 aromatic carbocycles.